The maximum atomic E-state index is 4.96. The Morgan fingerprint density at radius 2 is 1.72 bits per heavy atom. The highest BCUT2D eigenvalue weighted by molar-refractivity contribution is 5.93. The molecule has 0 radical (unpaired) electrons. The third-order valence-corrected chi connectivity index (χ3v) is 5.18. The summed E-state index contributed by atoms with van der Waals surface area (Å²) in [7, 11) is 2.22. The molecule has 0 atom stereocenters. The van der Waals surface area contributed by atoms with Crippen LogP contribution in [0.5, 0.6) is 0 Å². The van der Waals surface area contributed by atoms with Crippen molar-refractivity contribution in [2.75, 3.05) is 64.7 Å². The summed E-state index contributed by atoms with van der Waals surface area (Å²) in [6.07, 6.45) is 5.15. The molecule has 5 nitrogen and oxygen atoms in total. The summed E-state index contributed by atoms with van der Waals surface area (Å²) >= 11 is 0. The first-order chi connectivity index (χ1) is 12.3. The summed E-state index contributed by atoms with van der Waals surface area (Å²) in [4.78, 5) is 12.4. The Labute approximate surface area is 152 Å². The van der Waals surface area contributed by atoms with Gasteiger partial charge in [0.15, 0.2) is 5.96 Å². The van der Waals surface area contributed by atoms with E-state index in [4.69, 9.17) is 4.99 Å². The molecule has 3 rings (SSSR count). The van der Waals surface area contributed by atoms with E-state index in [1.165, 1.54) is 45.3 Å². The molecule has 138 valence electrons. The van der Waals surface area contributed by atoms with Crippen LogP contribution in [0.2, 0.25) is 0 Å². The van der Waals surface area contributed by atoms with Crippen molar-refractivity contribution in [1.82, 2.24) is 14.7 Å². The number of nitrogens with zero attached hydrogens (tertiary/aromatic N) is 4. The molecule has 0 bridgehead atoms. The first-order valence-corrected chi connectivity index (χ1v) is 9.83. The number of nitrogens with one attached hydrogen (secondary N) is 1. The minimum atomic E-state index is 0.870. The van der Waals surface area contributed by atoms with Crippen molar-refractivity contribution >= 4 is 11.6 Å². The van der Waals surface area contributed by atoms with Gasteiger partial charge in [0.25, 0.3) is 0 Å². The first-order valence-electron chi connectivity index (χ1n) is 9.83. The quantitative estimate of drug-likeness (QED) is 0.673. The zero-order valence-electron chi connectivity index (χ0n) is 15.7. The minimum absolute atomic E-state index is 0.870. The second kappa shape index (κ2) is 9.78. The van der Waals surface area contributed by atoms with Crippen LogP contribution < -0.4 is 5.32 Å². The van der Waals surface area contributed by atoms with Gasteiger partial charge in [-0.05, 0) is 58.0 Å². The van der Waals surface area contributed by atoms with E-state index >= 15 is 0 Å². The average Bonchev–Trinajstić information content (AvgIpc) is 2.87. The average molecular weight is 344 g/mol. The van der Waals surface area contributed by atoms with Crippen LogP contribution in [0, 0.1) is 0 Å². The van der Waals surface area contributed by atoms with Crippen molar-refractivity contribution < 1.29 is 0 Å². The molecule has 5 heteroatoms. The topological polar surface area (TPSA) is 34.1 Å². The third kappa shape index (κ3) is 6.01. The van der Waals surface area contributed by atoms with Gasteiger partial charge in [0.05, 0.1) is 6.54 Å². The Bertz CT molecular complexity index is 524. The molecule has 2 aliphatic rings. The molecule has 0 aromatic heterocycles. The molecular formula is C20H33N5. The number of likely N-dealkylation sites (N-methyl/N-ethyl adjacent to an activating group) is 1. The molecular weight excluding hydrogens is 310 g/mol. The third-order valence-electron chi connectivity index (χ3n) is 5.18. The van der Waals surface area contributed by atoms with E-state index in [-0.39, 0.29) is 0 Å². The monoisotopic (exact) mass is 343 g/mol. The number of likely N-dealkylation sites (tertiary alicyclic amines) is 1. The number of rotatable bonds is 4. The predicted molar refractivity (Wildman–Crippen MR) is 106 cm³/mol. The fraction of sp³-hybridized carbons (Fsp3) is 0.650. The smallest absolute Gasteiger partial charge is 0.198 e. The minimum Gasteiger partial charge on any atom is -0.343 e. The van der Waals surface area contributed by atoms with E-state index in [1.807, 2.05) is 0 Å². The van der Waals surface area contributed by atoms with Crippen LogP contribution in [0.15, 0.2) is 35.3 Å². The van der Waals surface area contributed by atoms with Gasteiger partial charge in [0, 0.05) is 38.4 Å². The van der Waals surface area contributed by atoms with E-state index in [0.29, 0.717) is 0 Å². The lowest BCUT2D eigenvalue weighted by molar-refractivity contribution is 0.282. The fourth-order valence-corrected chi connectivity index (χ4v) is 3.60. The highest BCUT2D eigenvalue weighted by atomic mass is 15.3. The number of guanidine groups is 1. The lowest BCUT2D eigenvalue weighted by atomic mass is 10.1. The molecule has 0 amide bonds. The van der Waals surface area contributed by atoms with Crippen molar-refractivity contribution in [3.8, 4) is 0 Å². The molecule has 1 aromatic carbocycles. The zero-order valence-corrected chi connectivity index (χ0v) is 15.7. The maximum Gasteiger partial charge on any atom is 0.198 e. The summed E-state index contributed by atoms with van der Waals surface area (Å²) in [6.45, 7) is 8.92. The summed E-state index contributed by atoms with van der Waals surface area (Å²) in [5, 5.41) is 3.56. The van der Waals surface area contributed by atoms with Crippen molar-refractivity contribution in [3.63, 3.8) is 0 Å². The summed E-state index contributed by atoms with van der Waals surface area (Å²) in [6, 6.07) is 10.4. The molecule has 2 aliphatic heterocycles. The summed E-state index contributed by atoms with van der Waals surface area (Å²) in [5.41, 5.74) is 1.13. The van der Waals surface area contributed by atoms with Crippen LogP contribution in [0.25, 0.3) is 0 Å². The molecule has 1 aromatic rings. The maximum absolute atomic E-state index is 4.96. The van der Waals surface area contributed by atoms with Gasteiger partial charge in [-0.1, -0.05) is 18.2 Å². The Balaban J connectivity index is 1.58. The van der Waals surface area contributed by atoms with Crippen LogP contribution >= 0.6 is 0 Å². The van der Waals surface area contributed by atoms with Crippen LogP contribution in [0.4, 0.5) is 5.69 Å². The van der Waals surface area contributed by atoms with Gasteiger partial charge in [-0.2, -0.15) is 0 Å². The number of aliphatic imine (C=N–C) groups is 1. The van der Waals surface area contributed by atoms with Gasteiger partial charge in [0.2, 0.25) is 0 Å². The SMILES string of the molecule is CN1CCCN(CCN=C(Nc2ccccc2)N2CCCCC2)CC1. The van der Waals surface area contributed by atoms with Gasteiger partial charge in [-0.25, -0.2) is 0 Å². The van der Waals surface area contributed by atoms with Gasteiger partial charge < -0.3 is 20.0 Å². The number of hydrogen-bond donors (Lipinski definition) is 1. The normalized spacial score (nSPS) is 21.2. The number of hydrogen-bond acceptors (Lipinski definition) is 3. The van der Waals surface area contributed by atoms with E-state index in [0.717, 1.165) is 44.4 Å². The van der Waals surface area contributed by atoms with E-state index in [1.54, 1.807) is 0 Å². The zero-order chi connectivity index (χ0) is 17.3. The molecule has 0 aliphatic carbocycles. The molecule has 25 heavy (non-hydrogen) atoms. The highest BCUT2D eigenvalue weighted by Crippen LogP contribution is 2.12. The van der Waals surface area contributed by atoms with Crippen molar-refractivity contribution in [2.45, 2.75) is 25.7 Å². The molecule has 0 saturated carbocycles. The Morgan fingerprint density at radius 3 is 2.52 bits per heavy atom. The summed E-state index contributed by atoms with van der Waals surface area (Å²) in [5.74, 6) is 1.05. The number of para-hydroxylation sites is 1. The largest absolute Gasteiger partial charge is 0.343 e. The molecule has 0 unspecified atom stereocenters. The van der Waals surface area contributed by atoms with Crippen molar-refractivity contribution in [1.29, 1.82) is 0 Å². The van der Waals surface area contributed by atoms with Crippen molar-refractivity contribution in [2.24, 2.45) is 4.99 Å². The second-order valence-corrected chi connectivity index (χ2v) is 7.24. The number of piperidine rings is 1. The second-order valence-electron chi connectivity index (χ2n) is 7.24. The Morgan fingerprint density at radius 1 is 0.920 bits per heavy atom. The standard InChI is InChI=1S/C20H33N5/c1-23-12-8-13-24(18-17-23)16-11-21-20(25-14-6-3-7-15-25)22-19-9-4-2-5-10-19/h2,4-5,9-10H,3,6-8,11-18H2,1H3,(H,21,22). The molecule has 0 spiro atoms. The molecule has 2 saturated heterocycles. The lowest BCUT2D eigenvalue weighted by Crippen LogP contribution is -2.40. The van der Waals surface area contributed by atoms with Gasteiger partial charge in [-0.15, -0.1) is 0 Å². The van der Waals surface area contributed by atoms with Crippen LogP contribution in [0.3, 0.4) is 0 Å². The van der Waals surface area contributed by atoms with E-state index in [2.05, 4.69) is 57.4 Å². The Hall–Kier alpha value is -1.59. The van der Waals surface area contributed by atoms with Crippen LogP contribution in [-0.4, -0.2) is 80.1 Å². The molecule has 1 N–H and O–H groups in total. The van der Waals surface area contributed by atoms with Gasteiger partial charge >= 0.3 is 0 Å². The predicted octanol–water partition coefficient (Wildman–Crippen LogP) is 2.58. The number of benzene rings is 1. The van der Waals surface area contributed by atoms with Gasteiger partial charge in [-0.3, -0.25) is 4.99 Å². The summed E-state index contributed by atoms with van der Waals surface area (Å²) < 4.78 is 0. The number of anilines is 1. The van der Waals surface area contributed by atoms with E-state index < -0.39 is 0 Å². The van der Waals surface area contributed by atoms with E-state index in [9.17, 15) is 0 Å². The molecule has 2 fully saturated rings. The lowest BCUT2D eigenvalue weighted by Gasteiger charge is -2.30. The van der Waals surface area contributed by atoms with Crippen molar-refractivity contribution in [3.05, 3.63) is 30.3 Å². The molecule has 2 heterocycles. The highest BCUT2D eigenvalue weighted by Gasteiger charge is 2.16. The first kappa shape index (κ1) is 18.2. The van der Waals surface area contributed by atoms with Gasteiger partial charge in [0.1, 0.15) is 0 Å². The van der Waals surface area contributed by atoms with Crippen LogP contribution in [0.1, 0.15) is 25.7 Å². The van der Waals surface area contributed by atoms with Crippen LogP contribution in [-0.2, 0) is 0 Å². The fourth-order valence-electron chi connectivity index (χ4n) is 3.60. The Kier molecular flexibility index (Phi) is 7.12.